The second-order valence-electron chi connectivity index (χ2n) is 10.5. The van der Waals surface area contributed by atoms with Crippen molar-refractivity contribution in [1.82, 2.24) is 30.1 Å². The van der Waals surface area contributed by atoms with Gasteiger partial charge in [0.25, 0.3) is 0 Å². The average molecular weight is 599 g/mol. The summed E-state index contributed by atoms with van der Waals surface area (Å²) in [6.45, 7) is 11.4. The standard InChI is InChI=1S/C21H26FN3O3.C13H13N3/c1-15(2)21(26)25-11-9-24(10-12-25)14-17-18(22)5-4-6-19(17)28-16-7-8-23-20(13-16)27-3;1-2-14-10-11-4-6-12(7-5-11)13-15-8-3-9-16-13/h4-8,13,15H,9-12,14H2,1-3H3;2-9,14H,1,10H2. The molecule has 3 heterocycles. The largest absolute Gasteiger partial charge is 0.481 e. The van der Waals surface area contributed by atoms with Crippen molar-refractivity contribution in [3.8, 4) is 28.8 Å². The molecule has 1 saturated heterocycles. The van der Waals surface area contributed by atoms with E-state index in [9.17, 15) is 9.18 Å². The van der Waals surface area contributed by atoms with Gasteiger partial charge in [0.1, 0.15) is 17.3 Å². The van der Waals surface area contributed by atoms with Gasteiger partial charge in [-0.2, -0.15) is 0 Å². The molecule has 1 amide bonds. The first kappa shape index (κ1) is 32.1. The number of methoxy groups -OCH3 is 1. The van der Waals surface area contributed by atoms with Gasteiger partial charge in [-0.1, -0.05) is 50.8 Å². The summed E-state index contributed by atoms with van der Waals surface area (Å²) in [6.07, 6.45) is 6.76. The third-order valence-electron chi connectivity index (χ3n) is 7.01. The number of benzene rings is 2. The first-order valence-electron chi connectivity index (χ1n) is 14.5. The number of hydrogen-bond acceptors (Lipinski definition) is 8. The quantitative estimate of drug-likeness (QED) is 0.249. The zero-order chi connectivity index (χ0) is 31.3. The van der Waals surface area contributed by atoms with Gasteiger partial charge in [0.05, 0.1) is 7.11 Å². The van der Waals surface area contributed by atoms with Crippen LogP contribution in [0, 0.1) is 11.7 Å². The van der Waals surface area contributed by atoms with Gasteiger partial charge in [0.15, 0.2) is 5.82 Å². The molecular formula is C34H39FN6O3. The van der Waals surface area contributed by atoms with E-state index >= 15 is 0 Å². The van der Waals surface area contributed by atoms with Crippen molar-refractivity contribution >= 4 is 5.91 Å². The number of carbonyl (C=O) groups is 1. The minimum Gasteiger partial charge on any atom is -0.481 e. The molecular weight excluding hydrogens is 559 g/mol. The van der Waals surface area contributed by atoms with Gasteiger partial charge in [0.2, 0.25) is 11.8 Å². The van der Waals surface area contributed by atoms with Crippen molar-refractivity contribution in [2.75, 3.05) is 33.3 Å². The average Bonchev–Trinajstić information content (AvgIpc) is 3.06. The second kappa shape index (κ2) is 16.1. The molecule has 1 aliphatic heterocycles. The Morgan fingerprint density at radius 2 is 1.73 bits per heavy atom. The van der Waals surface area contributed by atoms with Crippen LogP contribution < -0.4 is 14.8 Å². The highest BCUT2D eigenvalue weighted by molar-refractivity contribution is 5.78. The predicted molar refractivity (Wildman–Crippen MR) is 168 cm³/mol. The van der Waals surface area contributed by atoms with Crippen molar-refractivity contribution in [3.05, 3.63) is 109 Å². The third-order valence-corrected chi connectivity index (χ3v) is 7.01. The summed E-state index contributed by atoms with van der Waals surface area (Å²) in [5.74, 6) is 2.04. The molecule has 1 N–H and O–H groups in total. The fourth-order valence-corrected chi connectivity index (χ4v) is 4.61. The Morgan fingerprint density at radius 1 is 1.00 bits per heavy atom. The number of carbonyl (C=O) groups excluding carboxylic acids is 1. The van der Waals surface area contributed by atoms with Crippen molar-refractivity contribution in [1.29, 1.82) is 0 Å². The van der Waals surface area contributed by atoms with E-state index in [1.807, 2.05) is 36.9 Å². The lowest BCUT2D eigenvalue weighted by Crippen LogP contribution is -2.49. The van der Waals surface area contributed by atoms with E-state index in [1.165, 1.54) is 18.7 Å². The maximum absolute atomic E-state index is 14.6. The Labute approximate surface area is 258 Å². The number of nitrogens with one attached hydrogen (secondary N) is 1. The summed E-state index contributed by atoms with van der Waals surface area (Å²) >= 11 is 0. The normalized spacial score (nSPS) is 13.1. The van der Waals surface area contributed by atoms with Gasteiger partial charge in [-0.25, -0.2) is 19.3 Å². The molecule has 0 aliphatic carbocycles. The third kappa shape index (κ3) is 9.08. The first-order valence-corrected chi connectivity index (χ1v) is 14.5. The summed E-state index contributed by atoms with van der Waals surface area (Å²) in [6, 6.07) is 18.2. The van der Waals surface area contributed by atoms with Gasteiger partial charge in [0, 0.05) is 81.0 Å². The molecule has 0 radical (unpaired) electrons. The smallest absolute Gasteiger partial charge is 0.225 e. The molecule has 0 saturated carbocycles. The molecule has 5 rings (SSSR count). The molecule has 230 valence electrons. The summed E-state index contributed by atoms with van der Waals surface area (Å²) < 4.78 is 25.6. The lowest BCUT2D eigenvalue weighted by molar-refractivity contribution is -0.136. The maximum Gasteiger partial charge on any atom is 0.225 e. The molecule has 1 fully saturated rings. The summed E-state index contributed by atoms with van der Waals surface area (Å²) in [7, 11) is 1.53. The predicted octanol–water partition coefficient (Wildman–Crippen LogP) is 5.70. The molecule has 0 atom stereocenters. The number of aromatic nitrogens is 3. The number of pyridine rings is 1. The van der Waals surface area contributed by atoms with Crippen LogP contribution in [0.1, 0.15) is 25.0 Å². The minimum atomic E-state index is -0.306. The number of ether oxygens (including phenoxy) is 2. The number of amides is 1. The number of rotatable bonds is 10. The van der Waals surface area contributed by atoms with E-state index in [-0.39, 0.29) is 17.6 Å². The fourth-order valence-electron chi connectivity index (χ4n) is 4.61. The van der Waals surface area contributed by atoms with Crippen LogP contribution >= 0.6 is 0 Å². The molecule has 1 aliphatic rings. The second-order valence-corrected chi connectivity index (χ2v) is 10.5. The van der Waals surface area contributed by atoms with Gasteiger partial charge < -0.3 is 19.7 Å². The van der Waals surface area contributed by atoms with Crippen LogP contribution in [0.4, 0.5) is 4.39 Å². The van der Waals surface area contributed by atoms with Gasteiger partial charge in [-0.15, -0.1) is 0 Å². The van der Waals surface area contributed by atoms with E-state index in [0.29, 0.717) is 55.7 Å². The molecule has 2 aromatic carbocycles. The molecule has 0 unspecified atom stereocenters. The summed E-state index contributed by atoms with van der Waals surface area (Å²) in [5.41, 5.74) is 2.74. The molecule has 9 nitrogen and oxygen atoms in total. The van der Waals surface area contributed by atoms with Crippen molar-refractivity contribution in [3.63, 3.8) is 0 Å². The Hall–Kier alpha value is -4.83. The molecule has 2 aromatic heterocycles. The Balaban J connectivity index is 0.000000233. The van der Waals surface area contributed by atoms with Crippen LogP contribution in [0.5, 0.6) is 17.4 Å². The van der Waals surface area contributed by atoms with Crippen molar-refractivity contribution < 1.29 is 18.7 Å². The Kier molecular flexibility index (Phi) is 11.8. The van der Waals surface area contributed by atoms with Crippen molar-refractivity contribution in [2.45, 2.75) is 26.9 Å². The van der Waals surface area contributed by atoms with E-state index in [4.69, 9.17) is 9.47 Å². The highest BCUT2D eigenvalue weighted by Gasteiger charge is 2.24. The lowest BCUT2D eigenvalue weighted by Gasteiger charge is -2.35. The van der Waals surface area contributed by atoms with Crippen LogP contribution in [0.25, 0.3) is 11.4 Å². The SMILES string of the molecule is C=CNCc1ccc(-c2ncccn2)cc1.COc1cc(Oc2cccc(F)c2CN2CCN(C(=O)C(C)C)CC2)ccn1. The molecule has 0 spiro atoms. The van der Waals surface area contributed by atoms with Crippen LogP contribution in [0.2, 0.25) is 0 Å². The highest BCUT2D eigenvalue weighted by atomic mass is 19.1. The molecule has 0 bridgehead atoms. The van der Waals surface area contributed by atoms with Crippen LogP contribution in [-0.4, -0.2) is 63.9 Å². The summed E-state index contributed by atoms with van der Waals surface area (Å²) in [4.78, 5) is 28.6. The van der Waals surface area contributed by atoms with E-state index in [2.05, 4.69) is 43.9 Å². The van der Waals surface area contributed by atoms with Gasteiger partial charge >= 0.3 is 0 Å². The van der Waals surface area contributed by atoms with Gasteiger partial charge in [-0.3, -0.25) is 9.69 Å². The number of hydrogen-bond donors (Lipinski definition) is 1. The zero-order valence-electron chi connectivity index (χ0n) is 25.4. The Bertz CT molecular complexity index is 1490. The van der Waals surface area contributed by atoms with E-state index in [1.54, 1.807) is 49.1 Å². The van der Waals surface area contributed by atoms with Crippen LogP contribution in [0.15, 0.2) is 92.0 Å². The Morgan fingerprint density at radius 3 is 2.39 bits per heavy atom. The minimum absolute atomic E-state index is 0.00419. The van der Waals surface area contributed by atoms with Crippen LogP contribution in [-0.2, 0) is 17.9 Å². The number of nitrogens with zero attached hydrogens (tertiary/aromatic N) is 5. The highest BCUT2D eigenvalue weighted by Crippen LogP contribution is 2.30. The maximum atomic E-state index is 14.6. The topological polar surface area (TPSA) is 92.7 Å². The molecule has 10 heteroatoms. The van der Waals surface area contributed by atoms with Crippen LogP contribution in [0.3, 0.4) is 0 Å². The van der Waals surface area contributed by atoms with E-state index < -0.39 is 0 Å². The van der Waals surface area contributed by atoms with Crippen molar-refractivity contribution in [2.24, 2.45) is 5.92 Å². The molecule has 4 aromatic rings. The number of piperazine rings is 1. The summed E-state index contributed by atoms with van der Waals surface area (Å²) in [5, 5.41) is 3.06. The first-order chi connectivity index (χ1) is 21.4. The number of halogens is 1. The fraction of sp³-hybridized carbons (Fsp3) is 0.294. The van der Waals surface area contributed by atoms with Gasteiger partial charge in [-0.05, 0) is 36.0 Å². The lowest BCUT2D eigenvalue weighted by atomic mass is 10.1. The van der Waals surface area contributed by atoms with E-state index in [0.717, 1.165) is 17.9 Å². The monoisotopic (exact) mass is 598 g/mol. The zero-order valence-corrected chi connectivity index (χ0v) is 25.4. The molecule has 44 heavy (non-hydrogen) atoms.